The second kappa shape index (κ2) is 6.20. The largest absolute Gasteiger partial charge is 0.441 e. The molecule has 2 aromatic rings. The zero-order valence-electron chi connectivity index (χ0n) is 12.3. The molecule has 1 heterocycles. The van der Waals surface area contributed by atoms with Crippen LogP contribution in [0.4, 0.5) is 0 Å². The molecule has 1 aromatic carbocycles. The highest BCUT2D eigenvalue weighted by Crippen LogP contribution is 2.21. The average Bonchev–Trinajstić information content (AvgIpc) is 2.79. The molecule has 0 fully saturated rings. The molecule has 3 heteroatoms. The van der Waals surface area contributed by atoms with Gasteiger partial charge in [-0.15, -0.1) is 0 Å². The van der Waals surface area contributed by atoms with Gasteiger partial charge in [0, 0.05) is 12.5 Å². The van der Waals surface area contributed by atoms with Gasteiger partial charge in [0.1, 0.15) is 5.52 Å². The summed E-state index contributed by atoms with van der Waals surface area (Å²) in [4.78, 5) is 4.57. The molecule has 0 radical (unpaired) electrons. The molecule has 1 aromatic heterocycles. The van der Waals surface area contributed by atoms with Crippen LogP contribution in [0.2, 0.25) is 0 Å². The van der Waals surface area contributed by atoms with Gasteiger partial charge in [-0.05, 0) is 30.5 Å². The first-order valence-electron chi connectivity index (χ1n) is 7.19. The highest BCUT2D eigenvalue weighted by Gasteiger charge is 2.21. The molecular weight excluding hydrogens is 236 g/mol. The van der Waals surface area contributed by atoms with Gasteiger partial charge in [0.15, 0.2) is 11.5 Å². The SMILES string of the molecule is CCNC(Cc1nc2ccccc2o1)C(C)C(C)C. The van der Waals surface area contributed by atoms with Gasteiger partial charge >= 0.3 is 0 Å². The first-order chi connectivity index (χ1) is 9.11. The third kappa shape index (κ3) is 3.35. The third-order valence-electron chi connectivity index (χ3n) is 3.89. The van der Waals surface area contributed by atoms with Crippen LogP contribution in [-0.4, -0.2) is 17.6 Å². The molecule has 3 nitrogen and oxygen atoms in total. The van der Waals surface area contributed by atoms with E-state index in [0.717, 1.165) is 30.0 Å². The first kappa shape index (κ1) is 14.1. The monoisotopic (exact) mass is 260 g/mol. The summed E-state index contributed by atoms with van der Waals surface area (Å²) in [7, 11) is 0. The number of nitrogens with zero attached hydrogens (tertiary/aromatic N) is 1. The Bertz CT molecular complexity index is 485. The van der Waals surface area contributed by atoms with Crippen molar-refractivity contribution in [3.8, 4) is 0 Å². The number of hydrogen-bond acceptors (Lipinski definition) is 3. The van der Waals surface area contributed by atoms with E-state index in [1.54, 1.807) is 0 Å². The van der Waals surface area contributed by atoms with Crippen LogP contribution in [0, 0.1) is 11.8 Å². The summed E-state index contributed by atoms with van der Waals surface area (Å²) < 4.78 is 5.82. The van der Waals surface area contributed by atoms with E-state index in [1.807, 2.05) is 24.3 Å². The maximum absolute atomic E-state index is 5.82. The minimum atomic E-state index is 0.415. The van der Waals surface area contributed by atoms with Gasteiger partial charge in [0.05, 0.1) is 0 Å². The Hall–Kier alpha value is -1.35. The number of para-hydroxylation sites is 2. The third-order valence-corrected chi connectivity index (χ3v) is 3.89. The molecule has 0 saturated heterocycles. The Kier molecular flexibility index (Phi) is 4.59. The van der Waals surface area contributed by atoms with E-state index in [9.17, 15) is 0 Å². The topological polar surface area (TPSA) is 38.1 Å². The lowest BCUT2D eigenvalue weighted by atomic mass is 9.88. The van der Waals surface area contributed by atoms with Crippen LogP contribution in [-0.2, 0) is 6.42 Å². The first-order valence-corrected chi connectivity index (χ1v) is 7.19. The molecule has 0 aliphatic rings. The van der Waals surface area contributed by atoms with E-state index < -0.39 is 0 Å². The Morgan fingerprint density at radius 3 is 2.58 bits per heavy atom. The summed E-state index contributed by atoms with van der Waals surface area (Å²) in [5, 5.41) is 3.56. The molecule has 0 amide bonds. The highest BCUT2D eigenvalue weighted by molar-refractivity contribution is 5.72. The van der Waals surface area contributed by atoms with Crippen molar-refractivity contribution in [2.75, 3.05) is 6.54 Å². The summed E-state index contributed by atoms with van der Waals surface area (Å²) >= 11 is 0. The Morgan fingerprint density at radius 1 is 1.21 bits per heavy atom. The molecule has 2 unspecified atom stereocenters. The number of hydrogen-bond donors (Lipinski definition) is 1. The number of rotatable bonds is 6. The number of fused-ring (bicyclic) bond motifs is 1. The predicted octanol–water partition coefficient (Wildman–Crippen LogP) is 3.64. The van der Waals surface area contributed by atoms with E-state index in [1.165, 1.54) is 0 Å². The molecule has 0 spiro atoms. The number of likely N-dealkylation sites (N-methyl/N-ethyl adjacent to an activating group) is 1. The van der Waals surface area contributed by atoms with Crippen LogP contribution in [0.25, 0.3) is 11.1 Å². The van der Waals surface area contributed by atoms with Gasteiger partial charge < -0.3 is 9.73 Å². The predicted molar refractivity (Wildman–Crippen MR) is 79.2 cm³/mol. The lowest BCUT2D eigenvalue weighted by molar-refractivity contribution is 0.287. The number of nitrogens with one attached hydrogen (secondary N) is 1. The molecule has 104 valence electrons. The van der Waals surface area contributed by atoms with E-state index >= 15 is 0 Å². The van der Waals surface area contributed by atoms with Crippen molar-refractivity contribution in [2.45, 2.75) is 40.2 Å². The van der Waals surface area contributed by atoms with E-state index in [-0.39, 0.29) is 0 Å². The van der Waals surface area contributed by atoms with Gasteiger partial charge in [-0.1, -0.05) is 39.8 Å². The molecule has 2 atom stereocenters. The number of benzene rings is 1. The molecular formula is C16H24N2O. The fraction of sp³-hybridized carbons (Fsp3) is 0.562. The molecule has 2 rings (SSSR count). The Labute approximate surface area is 115 Å². The molecule has 0 saturated carbocycles. The van der Waals surface area contributed by atoms with Crippen molar-refractivity contribution in [1.29, 1.82) is 0 Å². The minimum absolute atomic E-state index is 0.415. The lowest BCUT2D eigenvalue weighted by Crippen LogP contribution is -2.39. The van der Waals surface area contributed by atoms with Crippen molar-refractivity contribution < 1.29 is 4.42 Å². The van der Waals surface area contributed by atoms with Crippen LogP contribution >= 0.6 is 0 Å². The Morgan fingerprint density at radius 2 is 1.95 bits per heavy atom. The summed E-state index contributed by atoms with van der Waals surface area (Å²) in [6, 6.07) is 8.36. The van der Waals surface area contributed by atoms with Gasteiger partial charge in [-0.3, -0.25) is 0 Å². The number of aromatic nitrogens is 1. The van der Waals surface area contributed by atoms with Crippen molar-refractivity contribution in [2.24, 2.45) is 11.8 Å². The van der Waals surface area contributed by atoms with Crippen LogP contribution in [0.15, 0.2) is 28.7 Å². The smallest absolute Gasteiger partial charge is 0.197 e. The van der Waals surface area contributed by atoms with Crippen LogP contribution in [0.1, 0.15) is 33.6 Å². The summed E-state index contributed by atoms with van der Waals surface area (Å²) in [5.74, 6) is 2.07. The van der Waals surface area contributed by atoms with Crippen LogP contribution < -0.4 is 5.32 Å². The second-order valence-corrected chi connectivity index (χ2v) is 5.55. The van der Waals surface area contributed by atoms with Gasteiger partial charge in [0.25, 0.3) is 0 Å². The summed E-state index contributed by atoms with van der Waals surface area (Å²) in [6.45, 7) is 9.94. The van der Waals surface area contributed by atoms with Crippen LogP contribution in [0.3, 0.4) is 0 Å². The van der Waals surface area contributed by atoms with Crippen molar-refractivity contribution in [3.63, 3.8) is 0 Å². The van der Waals surface area contributed by atoms with Crippen molar-refractivity contribution in [1.82, 2.24) is 10.3 Å². The van der Waals surface area contributed by atoms with E-state index in [2.05, 4.69) is 38.0 Å². The lowest BCUT2D eigenvalue weighted by Gasteiger charge is -2.26. The second-order valence-electron chi connectivity index (χ2n) is 5.55. The maximum atomic E-state index is 5.82. The fourth-order valence-corrected chi connectivity index (χ4v) is 2.37. The molecule has 19 heavy (non-hydrogen) atoms. The van der Waals surface area contributed by atoms with Gasteiger partial charge in [-0.2, -0.15) is 0 Å². The molecule has 1 N–H and O–H groups in total. The molecule has 0 aliphatic heterocycles. The normalized spacial score (nSPS) is 15.0. The fourth-order valence-electron chi connectivity index (χ4n) is 2.37. The Balaban J connectivity index is 2.16. The van der Waals surface area contributed by atoms with Crippen molar-refractivity contribution >= 4 is 11.1 Å². The summed E-state index contributed by atoms with van der Waals surface area (Å²) in [5.41, 5.74) is 1.83. The minimum Gasteiger partial charge on any atom is -0.441 e. The van der Waals surface area contributed by atoms with E-state index in [0.29, 0.717) is 17.9 Å². The molecule has 0 bridgehead atoms. The van der Waals surface area contributed by atoms with Crippen LogP contribution in [0.5, 0.6) is 0 Å². The highest BCUT2D eigenvalue weighted by atomic mass is 16.3. The standard InChI is InChI=1S/C16H24N2O/c1-5-17-14(12(4)11(2)3)10-16-18-13-8-6-7-9-15(13)19-16/h6-9,11-12,14,17H,5,10H2,1-4H3. The number of oxazole rings is 1. The zero-order chi connectivity index (χ0) is 13.8. The van der Waals surface area contributed by atoms with E-state index in [4.69, 9.17) is 4.42 Å². The quantitative estimate of drug-likeness (QED) is 0.861. The zero-order valence-corrected chi connectivity index (χ0v) is 12.3. The summed E-state index contributed by atoms with van der Waals surface area (Å²) in [6.07, 6.45) is 0.849. The van der Waals surface area contributed by atoms with Crippen molar-refractivity contribution in [3.05, 3.63) is 30.2 Å². The average molecular weight is 260 g/mol. The van der Waals surface area contributed by atoms with Gasteiger partial charge in [-0.25, -0.2) is 4.98 Å². The van der Waals surface area contributed by atoms with Gasteiger partial charge in [0.2, 0.25) is 0 Å². The molecule has 0 aliphatic carbocycles. The maximum Gasteiger partial charge on any atom is 0.197 e.